The number of rotatable bonds is 8. The third kappa shape index (κ3) is 4.95. The summed E-state index contributed by atoms with van der Waals surface area (Å²) in [5, 5.41) is 1.65. The number of nitrogens with zero attached hydrogens (tertiary/aromatic N) is 2. The highest BCUT2D eigenvalue weighted by molar-refractivity contribution is 5.80. The predicted molar refractivity (Wildman–Crippen MR) is 146 cm³/mol. The number of carbonyl (C=O) groups excluding carboxylic acids is 1. The van der Waals surface area contributed by atoms with E-state index in [0.29, 0.717) is 18.5 Å². The normalized spacial score (nSPS) is 18.7. The van der Waals surface area contributed by atoms with Gasteiger partial charge in [-0.05, 0) is 92.0 Å². The quantitative estimate of drug-likeness (QED) is 0.515. The van der Waals surface area contributed by atoms with Gasteiger partial charge in [0.2, 0.25) is 5.91 Å². The van der Waals surface area contributed by atoms with Gasteiger partial charge in [-0.25, -0.2) is 4.57 Å². The summed E-state index contributed by atoms with van der Waals surface area (Å²) >= 11 is 0. The van der Waals surface area contributed by atoms with Crippen molar-refractivity contribution in [3.63, 3.8) is 0 Å². The molecule has 0 saturated heterocycles. The topological polar surface area (TPSA) is 60.8 Å². The summed E-state index contributed by atoms with van der Waals surface area (Å²) in [5.41, 5.74) is 3.76. The first-order valence-electron chi connectivity index (χ1n) is 13.4. The van der Waals surface area contributed by atoms with Gasteiger partial charge in [0, 0.05) is 25.8 Å². The van der Waals surface area contributed by atoms with Crippen molar-refractivity contribution >= 4 is 18.1 Å². The van der Waals surface area contributed by atoms with Gasteiger partial charge >= 0.3 is 0 Å². The molecule has 0 saturated carbocycles. The lowest BCUT2D eigenvalue weighted by Gasteiger charge is -2.33. The van der Waals surface area contributed by atoms with E-state index in [2.05, 4.69) is 48.3 Å². The first-order valence-corrected chi connectivity index (χ1v) is 13.4. The molecule has 1 aromatic carbocycles. The minimum atomic E-state index is -0.575. The van der Waals surface area contributed by atoms with Crippen molar-refractivity contribution in [1.82, 2.24) is 9.47 Å². The van der Waals surface area contributed by atoms with Crippen LogP contribution in [0.15, 0.2) is 53.0 Å². The molecule has 0 fully saturated rings. The van der Waals surface area contributed by atoms with Crippen LogP contribution in [0.3, 0.4) is 0 Å². The highest BCUT2D eigenvalue weighted by Crippen LogP contribution is 2.32. The Labute approximate surface area is 218 Å². The average Bonchev–Trinajstić information content (AvgIpc) is 3.33. The molecule has 6 heteroatoms. The maximum absolute atomic E-state index is 14.0. The molecule has 0 aliphatic heterocycles. The predicted octanol–water partition coefficient (Wildman–Crippen LogP) is 3.86. The molecule has 3 aliphatic carbocycles. The molecule has 194 valence electrons. The summed E-state index contributed by atoms with van der Waals surface area (Å²) in [6, 6.07) is 8.05. The van der Waals surface area contributed by atoms with Crippen LogP contribution in [-0.4, -0.2) is 36.1 Å². The van der Waals surface area contributed by atoms with Crippen molar-refractivity contribution in [2.75, 3.05) is 20.8 Å². The molecule has 1 heterocycles. The van der Waals surface area contributed by atoms with Crippen LogP contribution in [0.1, 0.15) is 66.7 Å². The second-order valence-corrected chi connectivity index (χ2v) is 10.1. The van der Waals surface area contributed by atoms with E-state index in [-0.39, 0.29) is 17.4 Å². The summed E-state index contributed by atoms with van der Waals surface area (Å²) < 4.78 is 12.7. The lowest BCUT2D eigenvalue weighted by atomic mass is 10.0. The van der Waals surface area contributed by atoms with E-state index in [9.17, 15) is 9.59 Å². The van der Waals surface area contributed by atoms with Gasteiger partial charge in [0.1, 0.15) is 5.75 Å². The Balaban J connectivity index is 1.51. The summed E-state index contributed by atoms with van der Waals surface area (Å²) in [6.45, 7) is 2.74. The van der Waals surface area contributed by atoms with Crippen LogP contribution in [0.2, 0.25) is 0 Å². The Hall–Kier alpha value is -3.38. The van der Waals surface area contributed by atoms with Crippen molar-refractivity contribution in [3.05, 3.63) is 85.8 Å². The maximum atomic E-state index is 14.0. The number of allylic oxidation sites excluding steroid dienone is 3. The Morgan fingerprint density at radius 3 is 2.57 bits per heavy atom. The molecule has 2 atom stereocenters. The molecule has 5 rings (SSSR count). The smallest absolute Gasteiger partial charge is 0.265 e. The van der Waals surface area contributed by atoms with Gasteiger partial charge in [0.25, 0.3) is 5.56 Å². The lowest BCUT2D eigenvalue weighted by Crippen LogP contribution is -2.50. The van der Waals surface area contributed by atoms with Crippen LogP contribution in [0.25, 0.3) is 12.2 Å². The zero-order chi connectivity index (χ0) is 25.9. The molecular weight excluding hydrogens is 464 g/mol. The summed E-state index contributed by atoms with van der Waals surface area (Å²) in [7, 11) is 3.30. The molecule has 1 aromatic heterocycles. The van der Waals surface area contributed by atoms with E-state index in [1.54, 1.807) is 14.2 Å². The summed E-state index contributed by atoms with van der Waals surface area (Å²) in [4.78, 5) is 29.9. The van der Waals surface area contributed by atoms with Gasteiger partial charge < -0.3 is 14.4 Å². The number of likely N-dealkylation sites (N-methyl/N-ethyl adjacent to an activating group) is 1. The molecule has 6 nitrogen and oxygen atoms in total. The van der Waals surface area contributed by atoms with E-state index in [1.165, 1.54) is 15.7 Å². The Morgan fingerprint density at radius 2 is 1.84 bits per heavy atom. The van der Waals surface area contributed by atoms with Gasteiger partial charge in [-0.1, -0.05) is 30.4 Å². The Morgan fingerprint density at radius 1 is 1.05 bits per heavy atom. The third-order valence-electron chi connectivity index (χ3n) is 7.73. The lowest BCUT2D eigenvalue weighted by molar-refractivity contribution is -0.0116. The molecule has 3 aliphatic rings. The van der Waals surface area contributed by atoms with Crippen LogP contribution in [0.5, 0.6) is 5.75 Å². The number of methoxy groups -OCH3 is 2. The van der Waals surface area contributed by atoms with Gasteiger partial charge in [-0.3, -0.25) is 9.59 Å². The summed E-state index contributed by atoms with van der Waals surface area (Å²) in [5.74, 6) is 0.855. The van der Waals surface area contributed by atoms with Crippen molar-refractivity contribution < 1.29 is 14.3 Å². The number of hydrogen-bond acceptors (Lipinski definition) is 5. The van der Waals surface area contributed by atoms with E-state index in [4.69, 9.17) is 9.47 Å². The molecule has 0 bridgehead atoms. The van der Waals surface area contributed by atoms with Gasteiger partial charge in [-0.2, -0.15) is 0 Å². The fourth-order valence-electron chi connectivity index (χ4n) is 5.94. The highest BCUT2D eigenvalue weighted by atomic mass is 16.5. The monoisotopic (exact) mass is 500 g/mol. The zero-order valence-electron chi connectivity index (χ0n) is 22.0. The minimum absolute atomic E-state index is 0.144. The van der Waals surface area contributed by atoms with Gasteiger partial charge in [0.05, 0.1) is 18.0 Å². The van der Waals surface area contributed by atoms with Crippen molar-refractivity contribution in [2.24, 2.45) is 5.92 Å². The van der Waals surface area contributed by atoms with Crippen LogP contribution in [-0.2, 0) is 17.6 Å². The highest BCUT2D eigenvalue weighted by Gasteiger charge is 2.29. The largest absolute Gasteiger partial charge is 0.497 e. The molecule has 0 N–H and O–H groups in total. The van der Waals surface area contributed by atoms with E-state index in [1.807, 2.05) is 18.2 Å². The Kier molecular flexibility index (Phi) is 7.47. The number of pyridine rings is 1. The number of hydrogen-bond donors (Lipinski definition) is 0. The van der Waals surface area contributed by atoms with E-state index < -0.39 is 6.23 Å². The standard InChI is InChI=1S/C31H36N2O4/c1-4-32(25-11-6-5-7-12-25)31(37-3)27-20-23-10-8-9-13-28(23)33(30(27)35)29(34)18-21-16-22-14-15-26(36-2)19-24(22)17-21/h6,10-15,19-21,31H,4-5,7-9,16-18H2,1-3H3. The van der Waals surface area contributed by atoms with Crippen LogP contribution in [0.4, 0.5) is 0 Å². The molecular formula is C31H36N2O4. The van der Waals surface area contributed by atoms with E-state index in [0.717, 1.165) is 60.5 Å². The second-order valence-electron chi connectivity index (χ2n) is 10.1. The summed E-state index contributed by atoms with van der Waals surface area (Å²) in [6.07, 6.45) is 15.7. The number of aromatic nitrogens is 1. The average molecular weight is 501 g/mol. The second kappa shape index (κ2) is 10.9. The van der Waals surface area contributed by atoms with Crippen molar-refractivity contribution in [3.8, 4) is 5.75 Å². The molecule has 2 unspecified atom stereocenters. The fraction of sp³-hybridized carbons (Fsp3) is 0.419. The maximum Gasteiger partial charge on any atom is 0.265 e. The number of benzene rings is 1. The van der Waals surface area contributed by atoms with E-state index >= 15 is 0 Å². The molecule has 0 spiro atoms. The first-order chi connectivity index (χ1) is 18.0. The number of carbonyl (C=O) groups is 1. The molecule has 37 heavy (non-hydrogen) atoms. The number of fused-ring (bicyclic) bond motifs is 2. The van der Waals surface area contributed by atoms with Crippen molar-refractivity contribution in [2.45, 2.75) is 58.1 Å². The zero-order valence-corrected chi connectivity index (χ0v) is 22.0. The van der Waals surface area contributed by atoms with Crippen LogP contribution < -0.4 is 20.9 Å². The third-order valence-corrected chi connectivity index (χ3v) is 7.73. The van der Waals surface area contributed by atoms with Crippen LogP contribution >= 0.6 is 0 Å². The van der Waals surface area contributed by atoms with Gasteiger partial charge in [-0.15, -0.1) is 0 Å². The number of ether oxygens (including phenoxy) is 2. The SMILES string of the molecule is CCN(C1=CCCC=C1)C(OC)c1cc2c(n(C(=O)CC3Cc4ccc(OC)cc4C3)c1=O)=CCCC=2. The first kappa shape index (κ1) is 25.3. The Bertz CT molecular complexity index is 1430. The molecule has 0 amide bonds. The minimum Gasteiger partial charge on any atom is -0.497 e. The molecule has 0 radical (unpaired) electrons. The molecule has 2 aromatic rings. The van der Waals surface area contributed by atoms with Crippen LogP contribution in [0, 0.1) is 5.92 Å². The van der Waals surface area contributed by atoms with Crippen molar-refractivity contribution in [1.29, 1.82) is 0 Å². The fourth-order valence-corrected chi connectivity index (χ4v) is 5.94. The van der Waals surface area contributed by atoms with Gasteiger partial charge in [0.15, 0.2) is 6.23 Å².